The third-order valence-corrected chi connectivity index (χ3v) is 13.5. The van der Waals surface area contributed by atoms with Crippen LogP contribution in [0.1, 0.15) is 37.0 Å². The fourth-order valence-corrected chi connectivity index (χ4v) is 10.4. The number of amidine groups is 1. The fourth-order valence-electron chi connectivity index (χ4n) is 7.42. The van der Waals surface area contributed by atoms with Gasteiger partial charge in [-0.15, -0.1) is 22.7 Å². The number of nitrogens with zero attached hydrogens (tertiary/aromatic N) is 3. The Hall–Kier alpha value is -6.37. The normalized spacial score (nSPS) is 13.3. The molecule has 0 aliphatic carbocycles. The molecule has 6 aromatic carbocycles. The molecule has 63 heavy (non-hydrogen) atoms. The molecule has 10 rings (SSSR count). The zero-order chi connectivity index (χ0) is 43.2. The van der Waals surface area contributed by atoms with Crippen LogP contribution in [0.2, 0.25) is 20.1 Å². The maximum atomic E-state index is 14.1. The van der Waals surface area contributed by atoms with E-state index in [0.29, 0.717) is 48.4 Å². The summed E-state index contributed by atoms with van der Waals surface area (Å²) < 4.78 is 1.94. The highest BCUT2D eigenvalue weighted by Gasteiger charge is 2.32. The van der Waals surface area contributed by atoms with E-state index in [-0.39, 0.29) is 27.0 Å². The molecule has 1 aliphatic heterocycles. The number of allylic oxidation sites excluding steroid dienone is 1. The lowest BCUT2D eigenvalue weighted by Crippen LogP contribution is -2.30. The van der Waals surface area contributed by atoms with Crippen molar-refractivity contribution in [1.29, 1.82) is 0 Å². The highest BCUT2D eigenvalue weighted by Crippen LogP contribution is 2.47. The number of para-hydroxylation sites is 2. The van der Waals surface area contributed by atoms with Crippen molar-refractivity contribution >= 4 is 130 Å². The third kappa shape index (κ3) is 7.98. The zero-order valence-electron chi connectivity index (χ0n) is 32.4. The number of aliphatic imine (C=N–C) groups is 1. The number of amides is 2. The molecule has 2 amide bonds. The monoisotopic (exact) mass is 936 g/mol. The van der Waals surface area contributed by atoms with Crippen LogP contribution in [0.15, 0.2) is 156 Å². The van der Waals surface area contributed by atoms with Gasteiger partial charge < -0.3 is 15.6 Å². The van der Waals surface area contributed by atoms with Gasteiger partial charge in [0, 0.05) is 21.2 Å². The summed E-state index contributed by atoms with van der Waals surface area (Å²) in [5.41, 5.74) is 7.66. The van der Waals surface area contributed by atoms with Crippen molar-refractivity contribution in [2.45, 2.75) is 0 Å². The number of nitrogens with one attached hydrogen (secondary N) is 3. The Bertz CT molecular complexity index is 3330. The molecular formula is C49H28Cl4N6O2S2. The number of aromatic nitrogens is 3. The number of aromatic amines is 1. The molecule has 0 bridgehead atoms. The standard InChI is InChI=1S/C49H28Cl4N6O2S2/c50-28-19-21-30(32(52)23-28)46(60)58-44-42(48-56-34-15-7-9-17-38(34)62-48)40(26-11-3-1-4-12-26)36(54-44)25-37-41(27-13-5-2-6-14-27)43(49-57-35-16-8-10-18-39(35)63-49)45(55-37)59-47(61)31-22-20-29(51)24-33(31)53/h1-25,54H,(H,58,60)(H,55,59,61). The minimum Gasteiger partial charge on any atom is -0.341 e. The van der Waals surface area contributed by atoms with Crippen molar-refractivity contribution in [2.75, 3.05) is 5.32 Å². The van der Waals surface area contributed by atoms with Gasteiger partial charge >= 0.3 is 0 Å². The van der Waals surface area contributed by atoms with Gasteiger partial charge in [-0.1, -0.05) is 131 Å². The molecule has 8 nitrogen and oxygen atoms in total. The Morgan fingerprint density at radius 2 is 1.08 bits per heavy atom. The van der Waals surface area contributed by atoms with Crippen molar-refractivity contribution < 1.29 is 9.59 Å². The summed E-state index contributed by atoms with van der Waals surface area (Å²) in [4.78, 5) is 47.2. The Morgan fingerprint density at radius 1 is 0.556 bits per heavy atom. The lowest BCUT2D eigenvalue weighted by atomic mass is 9.96. The van der Waals surface area contributed by atoms with Crippen molar-refractivity contribution in [3.63, 3.8) is 0 Å². The van der Waals surface area contributed by atoms with E-state index in [1.54, 1.807) is 24.3 Å². The molecule has 14 heteroatoms. The molecule has 0 fully saturated rings. The number of benzene rings is 6. The predicted molar refractivity (Wildman–Crippen MR) is 261 cm³/mol. The van der Waals surface area contributed by atoms with Crippen molar-refractivity contribution in [1.82, 2.24) is 20.3 Å². The Morgan fingerprint density at radius 3 is 1.67 bits per heavy atom. The first-order chi connectivity index (χ1) is 30.7. The molecule has 0 atom stereocenters. The molecule has 9 aromatic rings. The summed E-state index contributed by atoms with van der Waals surface area (Å²) in [6.45, 7) is 0. The fraction of sp³-hybridized carbons (Fsp3) is 0. The van der Waals surface area contributed by atoms with Gasteiger partial charge in [-0.3, -0.25) is 9.59 Å². The largest absolute Gasteiger partial charge is 0.341 e. The van der Waals surface area contributed by atoms with E-state index in [0.717, 1.165) is 42.7 Å². The quantitative estimate of drug-likeness (QED) is 0.141. The smallest absolute Gasteiger partial charge is 0.258 e. The number of anilines is 1. The van der Waals surface area contributed by atoms with Crippen molar-refractivity contribution in [3.05, 3.63) is 199 Å². The second-order valence-corrected chi connectivity index (χ2v) is 18.0. The number of carbonyl (C=O) groups excluding carboxylic acids is 2. The van der Waals surface area contributed by atoms with Gasteiger partial charge in [-0.05, 0) is 77.9 Å². The van der Waals surface area contributed by atoms with E-state index < -0.39 is 11.8 Å². The zero-order valence-corrected chi connectivity index (χ0v) is 37.1. The van der Waals surface area contributed by atoms with Gasteiger partial charge in [-0.2, -0.15) is 0 Å². The number of hydrogen-bond donors (Lipinski definition) is 3. The second-order valence-electron chi connectivity index (χ2n) is 14.3. The van der Waals surface area contributed by atoms with E-state index in [2.05, 4.69) is 15.6 Å². The van der Waals surface area contributed by atoms with E-state index in [4.69, 9.17) is 61.4 Å². The van der Waals surface area contributed by atoms with Crippen LogP contribution >= 0.6 is 69.1 Å². The number of rotatable bonds is 8. The SMILES string of the molecule is O=C(NC1=NC(=Cc2[nH]c(NC(=O)c3ccc(Cl)cc3Cl)c(-c3nc4ccccc4s3)c2-c2ccccc2)C(c2ccccc2)=C1c1nc2ccccc2s1)c1ccc(Cl)cc1Cl. The first kappa shape index (κ1) is 40.7. The summed E-state index contributed by atoms with van der Waals surface area (Å²) in [5.74, 6) is -0.260. The van der Waals surface area contributed by atoms with Crippen LogP contribution in [0, 0.1) is 0 Å². The molecule has 0 spiro atoms. The summed E-state index contributed by atoms with van der Waals surface area (Å²) in [7, 11) is 0. The Kier molecular flexibility index (Phi) is 11.0. The van der Waals surface area contributed by atoms with Crippen LogP contribution in [0.4, 0.5) is 5.82 Å². The number of H-pyrrole nitrogens is 1. The predicted octanol–water partition coefficient (Wildman–Crippen LogP) is 14.2. The highest BCUT2D eigenvalue weighted by atomic mass is 35.5. The summed E-state index contributed by atoms with van der Waals surface area (Å²) in [6.07, 6.45) is 1.92. The van der Waals surface area contributed by atoms with Gasteiger partial charge in [0.15, 0.2) is 0 Å². The van der Waals surface area contributed by atoms with Crippen molar-refractivity contribution in [2.24, 2.45) is 4.99 Å². The minimum absolute atomic E-state index is 0.193. The van der Waals surface area contributed by atoms with Gasteiger partial charge in [0.25, 0.3) is 11.8 Å². The van der Waals surface area contributed by atoms with Gasteiger partial charge in [-0.25, -0.2) is 15.0 Å². The first-order valence-corrected chi connectivity index (χ1v) is 22.5. The lowest BCUT2D eigenvalue weighted by Gasteiger charge is -2.11. The first-order valence-electron chi connectivity index (χ1n) is 19.4. The molecule has 0 saturated heterocycles. The van der Waals surface area contributed by atoms with E-state index in [9.17, 15) is 9.59 Å². The molecule has 4 heterocycles. The highest BCUT2D eigenvalue weighted by molar-refractivity contribution is 7.21. The number of hydrogen-bond acceptors (Lipinski definition) is 7. The van der Waals surface area contributed by atoms with E-state index >= 15 is 0 Å². The number of fused-ring (bicyclic) bond motifs is 2. The second kappa shape index (κ2) is 17.1. The lowest BCUT2D eigenvalue weighted by molar-refractivity contribution is 0.0976. The molecule has 3 N–H and O–H groups in total. The maximum absolute atomic E-state index is 14.1. The van der Waals surface area contributed by atoms with Crippen LogP contribution < -0.4 is 10.6 Å². The molecule has 0 radical (unpaired) electrons. The number of thiazole rings is 2. The van der Waals surface area contributed by atoms with Gasteiger partial charge in [0.1, 0.15) is 21.7 Å². The number of carbonyl (C=O) groups is 2. The average Bonchev–Trinajstić information content (AvgIpc) is 4.07. The molecule has 306 valence electrons. The van der Waals surface area contributed by atoms with Crippen LogP contribution in [0.5, 0.6) is 0 Å². The Labute approximate surface area is 388 Å². The Balaban J connectivity index is 1.23. The van der Waals surface area contributed by atoms with Crippen LogP contribution in [0.25, 0.3) is 59.4 Å². The van der Waals surface area contributed by atoms with Gasteiger partial charge in [0.2, 0.25) is 0 Å². The van der Waals surface area contributed by atoms with Crippen molar-refractivity contribution in [3.8, 4) is 21.7 Å². The molecule has 3 aromatic heterocycles. The topological polar surface area (TPSA) is 112 Å². The summed E-state index contributed by atoms with van der Waals surface area (Å²) in [6, 6.07) is 44.9. The molecule has 0 saturated carbocycles. The van der Waals surface area contributed by atoms with Crippen LogP contribution in [-0.4, -0.2) is 32.6 Å². The maximum Gasteiger partial charge on any atom is 0.258 e. The van der Waals surface area contributed by atoms with Gasteiger partial charge in [0.05, 0.1) is 64.1 Å². The molecule has 0 unspecified atom stereocenters. The van der Waals surface area contributed by atoms with Crippen LogP contribution in [-0.2, 0) is 0 Å². The molecule has 1 aliphatic rings. The minimum atomic E-state index is -0.475. The van der Waals surface area contributed by atoms with E-state index in [1.165, 1.54) is 34.8 Å². The van der Waals surface area contributed by atoms with Crippen LogP contribution in [0.3, 0.4) is 0 Å². The third-order valence-electron chi connectivity index (χ3n) is 10.2. The summed E-state index contributed by atoms with van der Waals surface area (Å²) in [5, 5.41) is 8.72. The number of halogens is 4. The summed E-state index contributed by atoms with van der Waals surface area (Å²) >= 11 is 28.6. The molecular weight excluding hydrogens is 911 g/mol. The average molecular weight is 939 g/mol. The van der Waals surface area contributed by atoms with E-state index in [1.807, 2.05) is 115 Å².